The first-order valence-electron chi connectivity index (χ1n) is 5.55. The van der Waals surface area contributed by atoms with Crippen LogP contribution in [0.15, 0.2) is 35.2 Å². The van der Waals surface area contributed by atoms with E-state index in [1.165, 1.54) is 11.8 Å². The van der Waals surface area contributed by atoms with Crippen LogP contribution in [-0.2, 0) is 4.74 Å². The van der Waals surface area contributed by atoms with Gasteiger partial charge in [-0.15, -0.1) is 0 Å². The Labute approximate surface area is 104 Å². The van der Waals surface area contributed by atoms with Crippen molar-refractivity contribution in [1.29, 1.82) is 0 Å². The lowest BCUT2D eigenvalue weighted by Crippen LogP contribution is -2.48. The number of aliphatic hydroxyl groups is 3. The van der Waals surface area contributed by atoms with Gasteiger partial charge in [-0.3, -0.25) is 0 Å². The fraction of sp³-hybridized carbons (Fsp3) is 0.500. The molecule has 5 heteroatoms. The van der Waals surface area contributed by atoms with Gasteiger partial charge in [-0.05, 0) is 12.1 Å². The minimum atomic E-state index is -1.01. The highest BCUT2D eigenvalue weighted by Crippen LogP contribution is 2.32. The Morgan fingerprint density at radius 2 is 1.94 bits per heavy atom. The lowest BCUT2D eigenvalue weighted by Gasteiger charge is -2.35. The van der Waals surface area contributed by atoms with E-state index in [4.69, 9.17) is 9.84 Å². The molecule has 0 spiro atoms. The van der Waals surface area contributed by atoms with E-state index >= 15 is 0 Å². The van der Waals surface area contributed by atoms with Gasteiger partial charge in [-0.1, -0.05) is 30.0 Å². The Morgan fingerprint density at radius 1 is 1.24 bits per heavy atom. The number of rotatable bonds is 3. The minimum absolute atomic E-state index is 0.243. The summed E-state index contributed by atoms with van der Waals surface area (Å²) in [5.74, 6) is 0. The first kappa shape index (κ1) is 12.9. The van der Waals surface area contributed by atoms with Crippen molar-refractivity contribution in [3.63, 3.8) is 0 Å². The molecule has 1 heterocycles. The maximum atomic E-state index is 9.67. The zero-order chi connectivity index (χ0) is 12.3. The van der Waals surface area contributed by atoms with Crippen molar-refractivity contribution < 1.29 is 20.1 Å². The summed E-state index contributed by atoms with van der Waals surface area (Å²) in [6.07, 6.45) is -2.20. The Bertz CT molecular complexity index is 346. The molecule has 3 N–H and O–H groups in total. The molecule has 0 saturated carbocycles. The molecule has 0 bridgehead atoms. The molecule has 1 fully saturated rings. The van der Waals surface area contributed by atoms with Crippen LogP contribution in [0.1, 0.15) is 6.42 Å². The third kappa shape index (κ3) is 3.20. The second kappa shape index (κ2) is 5.84. The van der Waals surface area contributed by atoms with Gasteiger partial charge in [-0.2, -0.15) is 0 Å². The average Bonchev–Trinajstić information content (AvgIpc) is 2.35. The third-order valence-corrected chi connectivity index (χ3v) is 3.84. The average molecular weight is 256 g/mol. The van der Waals surface area contributed by atoms with E-state index in [1.807, 2.05) is 30.3 Å². The van der Waals surface area contributed by atoms with E-state index in [9.17, 15) is 10.2 Å². The van der Waals surface area contributed by atoms with E-state index in [2.05, 4.69) is 0 Å². The summed E-state index contributed by atoms with van der Waals surface area (Å²) in [4.78, 5) is 1.04. The summed E-state index contributed by atoms with van der Waals surface area (Å²) >= 11 is 1.48. The van der Waals surface area contributed by atoms with Crippen molar-refractivity contribution in [1.82, 2.24) is 0 Å². The molecule has 1 saturated heterocycles. The van der Waals surface area contributed by atoms with Gasteiger partial charge in [0, 0.05) is 11.3 Å². The van der Waals surface area contributed by atoms with Crippen molar-refractivity contribution >= 4 is 11.8 Å². The Kier molecular flexibility index (Phi) is 4.42. The van der Waals surface area contributed by atoms with Gasteiger partial charge in [0.15, 0.2) is 0 Å². The van der Waals surface area contributed by atoms with Crippen LogP contribution in [0.5, 0.6) is 0 Å². The number of hydrogen-bond donors (Lipinski definition) is 3. The SMILES string of the molecule is OCC1OC(Sc2ccccc2)CC(O)C1O. The Balaban J connectivity index is 1.98. The number of benzene rings is 1. The van der Waals surface area contributed by atoms with Crippen molar-refractivity contribution in [2.24, 2.45) is 0 Å². The monoisotopic (exact) mass is 256 g/mol. The Morgan fingerprint density at radius 3 is 2.59 bits per heavy atom. The second-order valence-corrected chi connectivity index (χ2v) is 5.24. The van der Waals surface area contributed by atoms with Gasteiger partial charge in [0.1, 0.15) is 17.6 Å². The van der Waals surface area contributed by atoms with Gasteiger partial charge in [-0.25, -0.2) is 0 Å². The molecule has 4 atom stereocenters. The molecule has 4 nitrogen and oxygen atoms in total. The zero-order valence-electron chi connectivity index (χ0n) is 9.27. The second-order valence-electron chi connectivity index (χ2n) is 4.01. The molecule has 0 aliphatic carbocycles. The lowest BCUT2D eigenvalue weighted by atomic mass is 10.0. The van der Waals surface area contributed by atoms with E-state index in [0.717, 1.165) is 4.90 Å². The topological polar surface area (TPSA) is 69.9 Å². The summed E-state index contributed by atoms with van der Waals surface area (Å²) in [5, 5.41) is 28.3. The zero-order valence-corrected chi connectivity index (χ0v) is 10.1. The summed E-state index contributed by atoms with van der Waals surface area (Å²) in [6.45, 7) is -0.288. The molecule has 1 aromatic rings. The molecule has 4 unspecified atom stereocenters. The molecule has 17 heavy (non-hydrogen) atoms. The van der Waals surface area contributed by atoms with Gasteiger partial charge in [0.2, 0.25) is 0 Å². The number of hydrogen-bond acceptors (Lipinski definition) is 5. The molecular weight excluding hydrogens is 240 g/mol. The van der Waals surface area contributed by atoms with Crippen LogP contribution >= 0.6 is 11.8 Å². The van der Waals surface area contributed by atoms with E-state index in [0.29, 0.717) is 6.42 Å². The van der Waals surface area contributed by atoms with Crippen molar-refractivity contribution in [2.75, 3.05) is 6.61 Å². The van der Waals surface area contributed by atoms with E-state index in [-0.39, 0.29) is 12.0 Å². The molecule has 1 aliphatic heterocycles. The van der Waals surface area contributed by atoms with Crippen LogP contribution in [0, 0.1) is 0 Å². The van der Waals surface area contributed by atoms with Crippen molar-refractivity contribution in [3.8, 4) is 0 Å². The van der Waals surface area contributed by atoms with Gasteiger partial charge >= 0.3 is 0 Å². The summed E-state index contributed by atoms with van der Waals surface area (Å²) in [6, 6.07) is 9.71. The van der Waals surface area contributed by atoms with Crippen LogP contribution in [0.25, 0.3) is 0 Å². The van der Waals surface area contributed by atoms with Crippen LogP contribution < -0.4 is 0 Å². The standard InChI is InChI=1S/C12H16O4S/c13-7-10-12(15)9(14)6-11(16-10)17-8-4-2-1-3-5-8/h1-5,9-15H,6-7H2. The fourth-order valence-corrected chi connectivity index (χ4v) is 2.90. The summed E-state index contributed by atoms with van der Waals surface area (Å²) in [5.41, 5.74) is -0.243. The highest BCUT2D eigenvalue weighted by atomic mass is 32.2. The maximum Gasteiger partial charge on any atom is 0.110 e. The van der Waals surface area contributed by atoms with E-state index < -0.39 is 18.3 Å². The number of aliphatic hydroxyl groups excluding tert-OH is 3. The predicted octanol–water partition coefficient (Wildman–Crippen LogP) is 0.608. The predicted molar refractivity (Wildman–Crippen MR) is 64.7 cm³/mol. The quantitative estimate of drug-likeness (QED) is 0.739. The molecule has 0 aromatic heterocycles. The van der Waals surface area contributed by atoms with Crippen molar-refractivity contribution in [3.05, 3.63) is 30.3 Å². The Hall–Kier alpha value is -0.590. The fourth-order valence-electron chi connectivity index (χ4n) is 1.79. The highest BCUT2D eigenvalue weighted by molar-refractivity contribution is 7.99. The normalized spacial score (nSPS) is 33.6. The molecule has 94 valence electrons. The summed E-state index contributed by atoms with van der Waals surface area (Å²) in [7, 11) is 0. The van der Waals surface area contributed by atoms with Crippen molar-refractivity contribution in [2.45, 2.75) is 35.1 Å². The summed E-state index contributed by atoms with van der Waals surface area (Å²) < 4.78 is 5.53. The number of thioether (sulfide) groups is 1. The molecule has 2 rings (SSSR count). The maximum absolute atomic E-state index is 9.67. The third-order valence-electron chi connectivity index (χ3n) is 2.73. The van der Waals surface area contributed by atoms with Crippen LogP contribution in [-0.4, -0.2) is 45.7 Å². The van der Waals surface area contributed by atoms with Crippen LogP contribution in [0.4, 0.5) is 0 Å². The molecule has 1 aliphatic rings. The van der Waals surface area contributed by atoms with Crippen LogP contribution in [0.2, 0.25) is 0 Å². The molecule has 1 aromatic carbocycles. The molecule has 0 radical (unpaired) electrons. The molecular formula is C12H16O4S. The number of ether oxygens (including phenoxy) is 1. The highest BCUT2D eigenvalue weighted by Gasteiger charge is 2.36. The lowest BCUT2D eigenvalue weighted by molar-refractivity contribution is -0.157. The molecule has 0 amide bonds. The van der Waals surface area contributed by atoms with Gasteiger partial charge in [0.25, 0.3) is 0 Å². The van der Waals surface area contributed by atoms with Gasteiger partial charge in [0.05, 0.1) is 12.7 Å². The van der Waals surface area contributed by atoms with E-state index in [1.54, 1.807) is 0 Å². The minimum Gasteiger partial charge on any atom is -0.394 e. The first-order chi connectivity index (χ1) is 8.20. The van der Waals surface area contributed by atoms with Crippen LogP contribution in [0.3, 0.4) is 0 Å². The van der Waals surface area contributed by atoms with Gasteiger partial charge < -0.3 is 20.1 Å². The smallest absolute Gasteiger partial charge is 0.110 e. The largest absolute Gasteiger partial charge is 0.394 e. The first-order valence-corrected chi connectivity index (χ1v) is 6.43.